The summed E-state index contributed by atoms with van der Waals surface area (Å²) in [5.74, 6) is 0.919. The van der Waals surface area contributed by atoms with Crippen LogP contribution in [0.2, 0.25) is 0 Å². The second-order valence-corrected chi connectivity index (χ2v) is 7.14. The van der Waals surface area contributed by atoms with Crippen molar-refractivity contribution in [1.82, 2.24) is 24.9 Å². The lowest BCUT2D eigenvalue weighted by Gasteiger charge is -2.27. The summed E-state index contributed by atoms with van der Waals surface area (Å²) in [5.41, 5.74) is 1.20. The number of hydrogen-bond acceptors (Lipinski definition) is 4. The number of nitrogens with one attached hydrogen (secondary N) is 1. The van der Waals surface area contributed by atoms with E-state index in [1.165, 1.54) is 10.4 Å². The van der Waals surface area contributed by atoms with E-state index in [1.807, 2.05) is 25.0 Å². The molecule has 2 rings (SSSR count). The maximum Gasteiger partial charge on any atom is 0.193 e. The summed E-state index contributed by atoms with van der Waals surface area (Å²) in [4.78, 5) is 10.2. The fourth-order valence-corrected chi connectivity index (χ4v) is 3.32. The lowest BCUT2D eigenvalue weighted by atomic mass is 10.1. The molecule has 2 aromatic rings. The molecule has 0 aliphatic heterocycles. The van der Waals surface area contributed by atoms with Gasteiger partial charge in [-0.05, 0) is 32.0 Å². The van der Waals surface area contributed by atoms with Gasteiger partial charge in [0.25, 0.3) is 0 Å². The van der Waals surface area contributed by atoms with Crippen LogP contribution in [0.5, 0.6) is 0 Å². The summed E-state index contributed by atoms with van der Waals surface area (Å²) in [7, 11) is 10.0. The third kappa shape index (κ3) is 5.07. The van der Waals surface area contributed by atoms with Gasteiger partial charge in [0.1, 0.15) is 0 Å². The Morgan fingerprint density at radius 2 is 2.21 bits per heavy atom. The molecule has 0 saturated heterocycles. The van der Waals surface area contributed by atoms with Crippen LogP contribution in [0.25, 0.3) is 0 Å². The molecule has 1 N–H and O–H groups in total. The van der Waals surface area contributed by atoms with Crippen molar-refractivity contribution in [1.29, 1.82) is 0 Å². The van der Waals surface area contributed by atoms with Crippen LogP contribution in [0, 0.1) is 0 Å². The predicted molar refractivity (Wildman–Crippen MR) is 102 cm³/mol. The van der Waals surface area contributed by atoms with E-state index in [9.17, 15) is 0 Å². The van der Waals surface area contributed by atoms with Gasteiger partial charge < -0.3 is 15.1 Å². The number of aryl methyl sites for hydroxylation is 1. The lowest BCUT2D eigenvalue weighted by Crippen LogP contribution is -2.43. The van der Waals surface area contributed by atoms with Crippen LogP contribution in [-0.2, 0) is 13.5 Å². The molecule has 24 heavy (non-hydrogen) atoms. The normalized spacial score (nSPS) is 13.3. The average Bonchev–Trinajstić information content (AvgIpc) is 3.20. The van der Waals surface area contributed by atoms with E-state index in [2.05, 4.69) is 70.1 Å². The van der Waals surface area contributed by atoms with E-state index in [4.69, 9.17) is 0 Å². The molecule has 0 spiro atoms. The number of thiophene rings is 1. The summed E-state index contributed by atoms with van der Waals surface area (Å²) in [6.45, 7) is 1.73. The monoisotopic (exact) mass is 348 g/mol. The van der Waals surface area contributed by atoms with Crippen LogP contribution >= 0.6 is 11.3 Å². The number of nitrogens with zero attached hydrogens (tertiary/aromatic N) is 5. The molecular weight excluding hydrogens is 320 g/mol. The zero-order valence-corrected chi connectivity index (χ0v) is 16.0. The zero-order chi connectivity index (χ0) is 17.5. The van der Waals surface area contributed by atoms with Crippen LogP contribution in [0.3, 0.4) is 0 Å². The van der Waals surface area contributed by atoms with Crippen LogP contribution in [-0.4, -0.2) is 66.8 Å². The highest BCUT2D eigenvalue weighted by molar-refractivity contribution is 7.09. The maximum atomic E-state index is 4.41. The first-order valence-electron chi connectivity index (χ1n) is 8.10. The summed E-state index contributed by atoms with van der Waals surface area (Å²) >= 11 is 1.80. The first-order valence-corrected chi connectivity index (χ1v) is 8.98. The molecule has 2 heterocycles. The Kier molecular flexibility index (Phi) is 6.81. The van der Waals surface area contributed by atoms with E-state index in [-0.39, 0.29) is 6.04 Å². The smallest absolute Gasteiger partial charge is 0.193 e. The Bertz CT molecular complexity index is 631. The fourth-order valence-electron chi connectivity index (χ4n) is 2.62. The van der Waals surface area contributed by atoms with Crippen LogP contribution in [0.15, 0.2) is 34.9 Å². The lowest BCUT2D eigenvalue weighted by molar-refractivity contribution is 0.295. The topological polar surface area (TPSA) is 48.7 Å². The van der Waals surface area contributed by atoms with E-state index < -0.39 is 0 Å². The summed E-state index contributed by atoms with van der Waals surface area (Å²) in [5, 5.41) is 9.90. The molecule has 1 unspecified atom stereocenters. The van der Waals surface area contributed by atoms with Gasteiger partial charge in [0.2, 0.25) is 0 Å². The van der Waals surface area contributed by atoms with Gasteiger partial charge in [-0.15, -0.1) is 11.3 Å². The summed E-state index contributed by atoms with van der Waals surface area (Å²) < 4.78 is 1.84. The number of guanidine groups is 1. The minimum Gasteiger partial charge on any atom is -0.354 e. The molecule has 0 aromatic carbocycles. The summed E-state index contributed by atoms with van der Waals surface area (Å²) in [6.07, 6.45) is 5.03. The molecule has 0 aliphatic carbocycles. The van der Waals surface area contributed by atoms with E-state index in [0.29, 0.717) is 0 Å². The van der Waals surface area contributed by atoms with Gasteiger partial charge in [-0.3, -0.25) is 9.67 Å². The number of aliphatic imine (C=N–C) groups is 1. The number of aromatic nitrogens is 2. The maximum absolute atomic E-state index is 4.41. The highest BCUT2D eigenvalue weighted by Gasteiger charge is 2.17. The average molecular weight is 349 g/mol. The van der Waals surface area contributed by atoms with Crippen LogP contribution in [0.1, 0.15) is 16.5 Å². The highest BCUT2D eigenvalue weighted by atomic mass is 32.1. The van der Waals surface area contributed by atoms with Gasteiger partial charge in [0, 0.05) is 50.9 Å². The van der Waals surface area contributed by atoms with Crippen molar-refractivity contribution in [3.05, 3.63) is 40.3 Å². The second kappa shape index (κ2) is 8.84. The van der Waals surface area contributed by atoms with Crippen molar-refractivity contribution in [2.75, 3.05) is 41.3 Å². The number of likely N-dealkylation sites (N-methyl/N-ethyl adjacent to an activating group) is 2. The molecule has 0 bridgehead atoms. The van der Waals surface area contributed by atoms with Gasteiger partial charge >= 0.3 is 0 Å². The minimum atomic E-state index is 0.251. The van der Waals surface area contributed by atoms with Gasteiger partial charge in [-0.1, -0.05) is 6.07 Å². The van der Waals surface area contributed by atoms with Crippen molar-refractivity contribution in [3.8, 4) is 0 Å². The van der Waals surface area contributed by atoms with E-state index in [0.717, 1.165) is 25.5 Å². The fraction of sp³-hybridized carbons (Fsp3) is 0.529. The van der Waals surface area contributed by atoms with E-state index in [1.54, 1.807) is 11.3 Å². The Balaban J connectivity index is 1.91. The van der Waals surface area contributed by atoms with Crippen molar-refractivity contribution in [2.45, 2.75) is 12.5 Å². The Morgan fingerprint density at radius 3 is 2.75 bits per heavy atom. The molecule has 2 aromatic heterocycles. The Morgan fingerprint density at radius 1 is 1.42 bits per heavy atom. The third-order valence-electron chi connectivity index (χ3n) is 4.03. The Labute approximate surface area is 148 Å². The molecule has 6 nitrogen and oxygen atoms in total. The van der Waals surface area contributed by atoms with Gasteiger partial charge in [0.05, 0.1) is 12.2 Å². The predicted octanol–water partition coefficient (Wildman–Crippen LogP) is 1.83. The van der Waals surface area contributed by atoms with Crippen LogP contribution in [0.4, 0.5) is 0 Å². The molecule has 0 saturated carbocycles. The molecule has 0 fully saturated rings. The van der Waals surface area contributed by atoms with Crippen LogP contribution < -0.4 is 5.32 Å². The van der Waals surface area contributed by atoms with Gasteiger partial charge in [0.15, 0.2) is 5.96 Å². The van der Waals surface area contributed by atoms with Crippen molar-refractivity contribution < 1.29 is 0 Å². The van der Waals surface area contributed by atoms with Crippen molar-refractivity contribution >= 4 is 17.3 Å². The standard InChI is InChI=1S/C17H28N6S/c1-18-17(22(4)9-8-15-7-6-10-24-15)19-12-16(21(2)3)14-11-20-23(5)13-14/h6-7,10-11,13,16H,8-9,12H2,1-5H3,(H,18,19). The quantitative estimate of drug-likeness (QED) is 0.613. The zero-order valence-electron chi connectivity index (χ0n) is 15.2. The molecule has 1 atom stereocenters. The summed E-state index contributed by atoms with van der Waals surface area (Å²) in [6, 6.07) is 4.53. The molecular formula is C17H28N6S. The number of hydrogen-bond donors (Lipinski definition) is 1. The minimum absolute atomic E-state index is 0.251. The first-order chi connectivity index (χ1) is 11.5. The first kappa shape index (κ1) is 18.5. The molecule has 0 radical (unpaired) electrons. The van der Waals surface area contributed by atoms with E-state index >= 15 is 0 Å². The molecule has 0 aliphatic rings. The Hall–Kier alpha value is -1.86. The highest BCUT2D eigenvalue weighted by Crippen LogP contribution is 2.16. The SMILES string of the molecule is CN=C(NCC(c1cnn(C)c1)N(C)C)N(C)CCc1cccs1. The van der Waals surface area contributed by atoms with Crippen molar-refractivity contribution in [2.24, 2.45) is 12.0 Å². The number of rotatable bonds is 7. The van der Waals surface area contributed by atoms with Gasteiger partial charge in [-0.25, -0.2) is 0 Å². The largest absolute Gasteiger partial charge is 0.354 e. The molecule has 7 heteroatoms. The second-order valence-electron chi connectivity index (χ2n) is 6.11. The van der Waals surface area contributed by atoms with Crippen molar-refractivity contribution in [3.63, 3.8) is 0 Å². The third-order valence-corrected chi connectivity index (χ3v) is 4.97. The molecule has 132 valence electrons. The van der Waals surface area contributed by atoms with Gasteiger partial charge in [-0.2, -0.15) is 5.10 Å². The molecule has 0 amide bonds.